The second kappa shape index (κ2) is 8.72. The molecule has 21 heavy (non-hydrogen) atoms. The van der Waals surface area contributed by atoms with Crippen molar-refractivity contribution in [2.75, 3.05) is 27.3 Å². The molecule has 0 aliphatic heterocycles. The van der Waals surface area contributed by atoms with Gasteiger partial charge in [-0.1, -0.05) is 41.9 Å². The summed E-state index contributed by atoms with van der Waals surface area (Å²) in [5.74, 6) is -0.537. The van der Waals surface area contributed by atoms with Crippen molar-refractivity contribution in [1.29, 1.82) is 0 Å². The van der Waals surface area contributed by atoms with E-state index >= 15 is 0 Å². The molecule has 118 valence electrons. The van der Waals surface area contributed by atoms with Crippen LogP contribution in [-0.4, -0.2) is 38.0 Å². The molecule has 0 heterocycles. The maximum absolute atomic E-state index is 12.9. The Balaban J connectivity index is 3.14. The number of nitrogens with zero attached hydrogens (tertiary/aromatic N) is 1. The van der Waals surface area contributed by atoms with Crippen LogP contribution in [0.25, 0.3) is 5.03 Å². The lowest BCUT2D eigenvalue weighted by molar-refractivity contribution is 0.196. The number of likely N-dealkylation sites (N-methyl/N-ethyl adjacent to an activating group) is 1. The summed E-state index contributed by atoms with van der Waals surface area (Å²) in [5, 5.41) is 0.522. The van der Waals surface area contributed by atoms with Crippen LogP contribution in [0.4, 0.5) is 0 Å². The van der Waals surface area contributed by atoms with Crippen molar-refractivity contribution < 1.29 is 13.6 Å². The smallest absolute Gasteiger partial charge is 0.308 e. The Bertz CT molecular complexity index is 495. The van der Waals surface area contributed by atoms with Gasteiger partial charge < -0.3 is 9.05 Å². The molecule has 1 aromatic carbocycles. The molecule has 6 heteroatoms. The Hall–Kier alpha value is -0.640. The summed E-state index contributed by atoms with van der Waals surface area (Å²) in [5.41, 5.74) is 0.866. The Kier molecular flexibility index (Phi) is 7.64. The van der Waals surface area contributed by atoms with Gasteiger partial charge in [-0.05, 0) is 39.6 Å². The van der Waals surface area contributed by atoms with Crippen molar-refractivity contribution in [3.8, 4) is 0 Å². The Morgan fingerprint density at radius 1 is 1.24 bits per heavy atom. The fraction of sp³-hybridized carbons (Fsp3) is 0.467. The van der Waals surface area contributed by atoms with Gasteiger partial charge in [0.25, 0.3) is 0 Å². The number of hydrogen-bond acceptors (Lipinski definition) is 4. The van der Waals surface area contributed by atoms with E-state index in [4.69, 9.17) is 20.6 Å². The van der Waals surface area contributed by atoms with Crippen LogP contribution in [0.5, 0.6) is 0 Å². The molecule has 0 radical (unpaired) electrons. The van der Waals surface area contributed by atoms with E-state index in [9.17, 15) is 4.57 Å². The molecule has 0 saturated heterocycles. The van der Waals surface area contributed by atoms with Crippen LogP contribution in [0.1, 0.15) is 19.4 Å². The lowest BCUT2D eigenvalue weighted by Crippen LogP contribution is -2.28. The molecule has 0 aromatic heterocycles. The number of halogens is 1. The van der Waals surface area contributed by atoms with Crippen LogP contribution < -0.4 is 0 Å². The molecule has 1 atom stereocenters. The average molecular weight is 332 g/mol. The summed E-state index contributed by atoms with van der Waals surface area (Å²) in [7, 11) is 0.346. The third-order valence-electron chi connectivity index (χ3n) is 2.82. The third kappa shape index (κ3) is 5.24. The van der Waals surface area contributed by atoms with Gasteiger partial charge >= 0.3 is 7.60 Å². The maximum Gasteiger partial charge on any atom is 0.351 e. The van der Waals surface area contributed by atoms with E-state index in [0.717, 1.165) is 5.56 Å². The topological polar surface area (TPSA) is 38.8 Å². The summed E-state index contributed by atoms with van der Waals surface area (Å²) in [4.78, 5) is 1.79. The molecular weight excluding hydrogens is 309 g/mol. The molecule has 0 spiro atoms. The molecule has 0 fully saturated rings. The normalized spacial score (nSPS) is 14.5. The minimum absolute atomic E-state index is 0.318. The fourth-order valence-electron chi connectivity index (χ4n) is 1.90. The third-order valence-corrected chi connectivity index (χ3v) is 5.66. The average Bonchev–Trinajstić information content (AvgIpc) is 2.45. The van der Waals surface area contributed by atoms with Crippen molar-refractivity contribution in [2.45, 2.75) is 19.6 Å². The van der Waals surface area contributed by atoms with Gasteiger partial charge in [-0.3, -0.25) is 9.46 Å². The molecule has 1 unspecified atom stereocenters. The van der Waals surface area contributed by atoms with E-state index in [1.807, 2.05) is 44.4 Å². The second-order valence-corrected chi connectivity index (χ2v) is 7.17. The largest absolute Gasteiger partial charge is 0.351 e. The molecule has 0 aliphatic carbocycles. The van der Waals surface area contributed by atoms with E-state index in [1.165, 1.54) is 0 Å². The van der Waals surface area contributed by atoms with Gasteiger partial charge in [-0.15, -0.1) is 0 Å². The molecule has 4 nitrogen and oxygen atoms in total. The first-order chi connectivity index (χ1) is 9.94. The highest BCUT2D eigenvalue weighted by Gasteiger charge is 2.36. The lowest BCUT2D eigenvalue weighted by Gasteiger charge is -2.29. The molecule has 0 amide bonds. The van der Waals surface area contributed by atoms with Crippen LogP contribution >= 0.6 is 19.2 Å². The molecule has 0 aliphatic rings. The van der Waals surface area contributed by atoms with E-state index in [1.54, 1.807) is 24.8 Å². The van der Waals surface area contributed by atoms with Crippen molar-refractivity contribution >= 4 is 24.2 Å². The quantitative estimate of drug-likeness (QED) is 0.661. The van der Waals surface area contributed by atoms with Crippen molar-refractivity contribution in [3.05, 3.63) is 42.0 Å². The SMILES string of the molecule is CCOP(=O)(OCC)C(/C=C(\Cl)c1ccccc1)N(C)C. The van der Waals surface area contributed by atoms with Crippen LogP contribution in [0.3, 0.4) is 0 Å². The van der Waals surface area contributed by atoms with E-state index in [0.29, 0.717) is 18.2 Å². The van der Waals surface area contributed by atoms with Gasteiger partial charge in [0.05, 0.1) is 13.2 Å². The molecule has 0 saturated carbocycles. The number of hydrogen-bond donors (Lipinski definition) is 0. The zero-order valence-corrected chi connectivity index (χ0v) is 14.6. The van der Waals surface area contributed by atoms with Crippen LogP contribution in [0.15, 0.2) is 36.4 Å². The Morgan fingerprint density at radius 2 is 1.76 bits per heavy atom. The van der Waals surface area contributed by atoms with Crippen LogP contribution in [-0.2, 0) is 13.6 Å². The first-order valence-corrected chi connectivity index (χ1v) is 8.91. The van der Waals surface area contributed by atoms with Crippen molar-refractivity contribution in [1.82, 2.24) is 4.90 Å². The molecule has 1 aromatic rings. The van der Waals surface area contributed by atoms with Gasteiger partial charge in [0.15, 0.2) is 0 Å². The molecule has 0 bridgehead atoms. The standard InChI is InChI=1S/C15H23ClNO3P/c1-5-19-21(18,20-6-2)15(17(3)4)12-14(16)13-10-8-7-9-11-13/h7-12,15H,5-6H2,1-4H3/b14-12-. The van der Waals surface area contributed by atoms with E-state index in [2.05, 4.69) is 0 Å². The minimum Gasteiger partial charge on any atom is -0.308 e. The van der Waals surface area contributed by atoms with Gasteiger partial charge in [-0.2, -0.15) is 0 Å². The van der Waals surface area contributed by atoms with Gasteiger partial charge in [0.2, 0.25) is 0 Å². The van der Waals surface area contributed by atoms with Crippen molar-refractivity contribution in [2.24, 2.45) is 0 Å². The van der Waals surface area contributed by atoms with Gasteiger partial charge in [0, 0.05) is 5.03 Å². The summed E-state index contributed by atoms with van der Waals surface area (Å²) in [6.45, 7) is 4.22. The van der Waals surface area contributed by atoms with Crippen molar-refractivity contribution in [3.63, 3.8) is 0 Å². The summed E-state index contributed by atoms with van der Waals surface area (Å²) < 4.78 is 23.8. The predicted octanol–water partition coefficient (Wildman–Crippen LogP) is 4.42. The number of rotatable bonds is 8. The molecule has 0 N–H and O–H groups in total. The monoisotopic (exact) mass is 331 g/mol. The van der Waals surface area contributed by atoms with Gasteiger partial charge in [0.1, 0.15) is 5.78 Å². The second-order valence-electron chi connectivity index (χ2n) is 4.63. The summed E-state index contributed by atoms with van der Waals surface area (Å²) in [6, 6.07) is 9.53. The van der Waals surface area contributed by atoms with Gasteiger partial charge in [-0.25, -0.2) is 0 Å². The van der Waals surface area contributed by atoms with Crippen LogP contribution in [0, 0.1) is 0 Å². The molecular formula is C15H23ClNO3P. The van der Waals surface area contributed by atoms with E-state index in [-0.39, 0.29) is 0 Å². The Morgan fingerprint density at radius 3 is 2.19 bits per heavy atom. The minimum atomic E-state index is -3.29. The maximum atomic E-state index is 12.9. The highest BCUT2D eigenvalue weighted by molar-refractivity contribution is 7.54. The van der Waals surface area contributed by atoms with Crippen LogP contribution in [0.2, 0.25) is 0 Å². The first-order valence-electron chi connectivity index (χ1n) is 6.92. The van der Waals surface area contributed by atoms with E-state index < -0.39 is 13.4 Å². The Labute approximate surface area is 132 Å². The number of benzene rings is 1. The first kappa shape index (κ1) is 18.4. The highest BCUT2D eigenvalue weighted by atomic mass is 35.5. The predicted molar refractivity (Wildman–Crippen MR) is 88.6 cm³/mol. The molecule has 1 rings (SSSR count). The lowest BCUT2D eigenvalue weighted by atomic mass is 10.2. The highest BCUT2D eigenvalue weighted by Crippen LogP contribution is 2.54. The zero-order valence-electron chi connectivity index (χ0n) is 13.0. The zero-order chi connectivity index (χ0) is 15.9. The summed E-state index contributed by atoms with van der Waals surface area (Å²) >= 11 is 6.35. The fourth-order valence-corrected chi connectivity index (χ4v) is 4.23. The summed E-state index contributed by atoms with van der Waals surface area (Å²) in [6.07, 6.45) is 1.73.